The van der Waals surface area contributed by atoms with Crippen molar-refractivity contribution in [1.82, 2.24) is 10.9 Å². The van der Waals surface area contributed by atoms with Crippen molar-refractivity contribution in [2.45, 2.75) is 6.61 Å². The van der Waals surface area contributed by atoms with Gasteiger partial charge in [-0.15, -0.1) is 0 Å². The third-order valence-corrected chi connectivity index (χ3v) is 5.05. The van der Waals surface area contributed by atoms with Gasteiger partial charge in [0.15, 0.2) is 6.61 Å². The van der Waals surface area contributed by atoms with Crippen molar-refractivity contribution >= 4 is 43.7 Å². The SMILES string of the molecule is O=C(COc1ccc(Br)cc1Br)NNC(=O)c1ccccc1OCc1ccccc1. The monoisotopic (exact) mass is 532 g/mol. The Hall–Kier alpha value is -2.84. The molecule has 154 valence electrons. The molecule has 3 aromatic rings. The first-order valence-corrected chi connectivity index (χ1v) is 10.5. The maximum atomic E-state index is 12.5. The van der Waals surface area contributed by atoms with E-state index >= 15 is 0 Å². The minimum Gasteiger partial charge on any atom is -0.488 e. The van der Waals surface area contributed by atoms with E-state index in [0.29, 0.717) is 28.1 Å². The van der Waals surface area contributed by atoms with Crippen LogP contribution in [-0.2, 0) is 11.4 Å². The number of nitrogens with one attached hydrogen (secondary N) is 2. The van der Waals surface area contributed by atoms with E-state index in [-0.39, 0.29) is 6.61 Å². The molecule has 0 aliphatic carbocycles. The lowest BCUT2D eigenvalue weighted by Gasteiger charge is -2.13. The summed E-state index contributed by atoms with van der Waals surface area (Å²) in [6.07, 6.45) is 0. The highest BCUT2D eigenvalue weighted by atomic mass is 79.9. The third kappa shape index (κ3) is 6.33. The largest absolute Gasteiger partial charge is 0.488 e. The molecule has 0 aromatic heterocycles. The fourth-order valence-corrected chi connectivity index (χ4v) is 3.64. The second kappa shape index (κ2) is 10.8. The molecule has 2 N–H and O–H groups in total. The zero-order valence-corrected chi connectivity index (χ0v) is 18.9. The van der Waals surface area contributed by atoms with Crippen LogP contribution in [0.4, 0.5) is 0 Å². The summed E-state index contributed by atoms with van der Waals surface area (Å²) in [7, 11) is 0. The maximum absolute atomic E-state index is 12.5. The van der Waals surface area contributed by atoms with Crippen LogP contribution in [0.15, 0.2) is 81.7 Å². The summed E-state index contributed by atoms with van der Waals surface area (Å²) in [5.74, 6) is -0.0554. The second-order valence-electron chi connectivity index (χ2n) is 6.14. The standard InChI is InChI=1S/C22H18Br2N2O4/c23-16-10-11-20(18(24)12-16)30-14-21(27)25-26-22(28)17-8-4-5-9-19(17)29-13-15-6-2-1-3-7-15/h1-12H,13-14H2,(H,25,27)(H,26,28). The number of halogens is 2. The molecule has 0 atom stereocenters. The van der Waals surface area contributed by atoms with Crippen LogP contribution in [0.1, 0.15) is 15.9 Å². The minimum absolute atomic E-state index is 0.257. The summed E-state index contributed by atoms with van der Waals surface area (Å²) in [6.45, 7) is 0.0695. The van der Waals surface area contributed by atoms with Crippen LogP contribution in [0.25, 0.3) is 0 Å². The zero-order chi connectivity index (χ0) is 21.3. The summed E-state index contributed by atoms with van der Waals surface area (Å²) >= 11 is 6.71. The number of hydrogen-bond acceptors (Lipinski definition) is 4. The fourth-order valence-electron chi connectivity index (χ4n) is 2.48. The van der Waals surface area contributed by atoms with Crippen LogP contribution in [-0.4, -0.2) is 18.4 Å². The molecule has 6 nitrogen and oxygen atoms in total. The van der Waals surface area contributed by atoms with Gasteiger partial charge in [-0.2, -0.15) is 0 Å². The number of amides is 2. The van der Waals surface area contributed by atoms with Crippen LogP contribution in [0.5, 0.6) is 11.5 Å². The highest BCUT2D eigenvalue weighted by Crippen LogP contribution is 2.28. The predicted molar refractivity (Wildman–Crippen MR) is 120 cm³/mol. The molecule has 0 aliphatic rings. The topological polar surface area (TPSA) is 76.7 Å². The third-order valence-electron chi connectivity index (χ3n) is 3.94. The van der Waals surface area contributed by atoms with E-state index in [0.717, 1.165) is 10.0 Å². The first kappa shape index (κ1) is 21.9. The van der Waals surface area contributed by atoms with Crippen molar-refractivity contribution < 1.29 is 19.1 Å². The Morgan fingerprint density at radius 1 is 0.800 bits per heavy atom. The quantitative estimate of drug-likeness (QED) is 0.434. The number of hydrazine groups is 1. The van der Waals surface area contributed by atoms with Crippen LogP contribution in [0.2, 0.25) is 0 Å². The number of carbonyl (C=O) groups is 2. The number of para-hydroxylation sites is 1. The molecule has 0 bridgehead atoms. The zero-order valence-electron chi connectivity index (χ0n) is 15.7. The summed E-state index contributed by atoms with van der Waals surface area (Å²) in [5.41, 5.74) is 6.01. The van der Waals surface area contributed by atoms with Gasteiger partial charge in [0.25, 0.3) is 11.8 Å². The fraction of sp³-hybridized carbons (Fsp3) is 0.0909. The van der Waals surface area contributed by atoms with Gasteiger partial charge in [-0.05, 0) is 51.8 Å². The molecule has 0 saturated carbocycles. The lowest BCUT2D eigenvalue weighted by Crippen LogP contribution is -2.43. The second-order valence-corrected chi connectivity index (χ2v) is 7.91. The van der Waals surface area contributed by atoms with Gasteiger partial charge in [-0.3, -0.25) is 20.4 Å². The van der Waals surface area contributed by atoms with Crippen LogP contribution in [0.3, 0.4) is 0 Å². The average molecular weight is 534 g/mol. The van der Waals surface area contributed by atoms with Gasteiger partial charge in [0, 0.05) is 4.47 Å². The Morgan fingerprint density at radius 3 is 2.30 bits per heavy atom. The minimum atomic E-state index is -0.499. The van der Waals surface area contributed by atoms with Crippen molar-refractivity contribution in [1.29, 1.82) is 0 Å². The van der Waals surface area contributed by atoms with E-state index in [1.54, 1.807) is 42.5 Å². The van der Waals surface area contributed by atoms with E-state index in [1.807, 2.05) is 30.3 Å². The Labute approximate surface area is 190 Å². The van der Waals surface area contributed by atoms with Crippen molar-refractivity contribution in [3.8, 4) is 11.5 Å². The van der Waals surface area contributed by atoms with E-state index in [4.69, 9.17) is 9.47 Å². The van der Waals surface area contributed by atoms with Crippen molar-refractivity contribution in [2.75, 3.05) is 6.61 Å². The number of hydrogen-bond donors (Lipinski definition) is 2. The van der Waals surface area contributed by atoms with Gasteiger partial charge in [0.1, 0.15) is 18.1 Å². The molecule has 3 rings (SSSR count). The van der Waals surface area contributed by atoms with Gasteiger partial charge >= 0.3 is 0 Å². The number of benzene rings is 3. The van der Waals surface area contributed by atoms with Crippen molar-refractivity contribution in [3.05, 3.63) is 92.9 Å². The molecule has 30 heavy (non-hydrogen) atoms. The summed E-state index contributed by atoms with van der Waals surface area (Å²) < 4.78 is 12.8. The molecule has 0 heterocycles. The Balaban J connectivity index is 1.52. The van der Waals surface area contributed by atoms with Gasteiger partial charge in [0.05, 0.1) is 10.0 Å². The first-order chi connectivity index (χ1) is 14.5. The first-order valence-electron chi connectivity index (χ1n) is 8.95. The lowest BCUT2D eigenvalue weighted by molar-refractivity contribution is -0.123. The van der Waals surface area contributed by atoms with E-state index in [2.05, 4.69) is 42.7 Å². The van der Waals surface area contributed by atoms with Crippen molar-refractivity contribution in [3.63, 3.8) is 0 Å². The Bertz CT molecular complexity index is 1030. The van der Waals surface area contributed by atoms with Crippen LogP contribution >= 0.6 is 31.9 Å². The highest BCUT2D eigenvalue weighted by Gasteiger charge is 2.14. The van der Waals surface area contributed by atoms with Crippen LogP contribution < -0.4 is 20.3 Å². The molecule has 0 saturated heterocycles. The molecule has 0 spiro atoms. The summed E-state index contributed by atoms with van der Waals surface area (Å²) in [5, 5.41) is 0. The number of carbonyl (C=O) groups excluding carboxylic acids is 2. The predicted octanol–water partition coefficient (Wildman–Crippen LogP) is 4.63. The molecule has 8 heteroatoms. The summed E-state index contributed by atoms with van der Waals surface area (Å²) in [6, 6.07) is 21.8. The van der Waals surface area contributed by atoms with Gasteiger partial charge in [-0.25, -0.2) is 0 Å². The van der Waals surface area contributed by atoms with E-state index in [1.165, 1.54) is 0 Å². The summed E-state index contributed by atoms with van der Waals surface area (Å²) in [4.78, 5) is 24.5. The number of ether oxygens (including phenoxy) is 2. The van der Waals surface area contributed by atoms with Gasteiger partial charge in [0.2, 0.25) is 0 Å². The molecule has 0 unspecified atom stereocenters. The molecular weight excluding hydrogens is 516 g/mol. The maximum Gasteiger partial charge on any atom is 0.276 e. The normalized spacial score (nSPS) is 10.2. The van der Waals surface area contributed by atoms with E-state index in [9.17, 15) is 9.59 Å². The van der Waals surface area contributed by atoms with Crippen LogP contribution in [0, 0.1) is 0 Å². The molecule has 0 aliphatic heterocycles. The van der Waals surface area contributed by atoms with Crippen molar-refractivity contribution in [2.24, 2.45) is 0 Å². The lowest BCUT2D eigenvalue weighted by atomic mass is 10.2. The molecule has 3 aromatic carbocycles. The molecule has 0 fully saturated rings. The van der Waals surface area contributed by atoms with Gasteiger partial charge in [-0.1, -0.05) is 58.4 Å². The smallest absolute Gasteiger partial charge is 0.276 e. The highest BCUT2D eigenvalue weighted by molar-refractivity contribution is 9.11. The molecular formula is C22H18Br2N2O4. The van der Waals surface area contributed by atoms with Gasteiger partial charge < -0.3 is 9.47 Å². The molecule has 0 radical (unpaired) electrons. The Morgan fingerprint density at radius 2 is 1.53 bits per heavy atom. The van der Waals surface area contributed by atoms with E-state index < -0.39 is 11.8 Å². The number of rotatable bonds is 7. The Kier molecular flexibility index (Phi) is 7.87. The molecule has 2 amide bonds. The average Bonchev–Trinajstić information content (AvgIpc) is 2.76.